The Balaban J connectivity index is 1.46. The van der Waals surface area contributed by atoms with Gasteiger partial charge in [-0.05, 0) is 62.1 Å². The molecule has 0 spiro atoms. The third-order valence-electron chi connectivity index (χ3n) is 5.45. The van der Waals surface area contributed by atoms with Gasteiger partial charge in [-0.25, -0.2) is 0 Å². The molecular formula is C19H28N2O2. The van der Waals surface area contributed by atoms with E-state index in [0.717, 1.165) is 23.9 Å². The predicted octanol–water partition coefficient (Wildman–Crippen LogP) is 2.73. The van der Waals surface area contributed by atoms with E-state index in [4.69, 9.17) is 4.74 Å². The Bertz CT molecular complexity index is 515. The molecule has 0 saturated heterocycles. The molecule has 2 aliphatic rings. The number of ether oxygens (including phenoxy) is 1. The van der Waals surface area contributed by atoms with Crippen molar-refractivity contribution in [2.75, 3.05) is 13.7 Å². The minimum Gasteiger partial charge on any atom is -0.381 e. The molecule has 23 heavy (non-hydrogen) atoms. The van der Waals surface area contributed by atoms with Crippen LogP contribution >= 0.6 is 0 Å². The standard InChI is InChI=1S/C19H28N2O2/c1-3-20-19(22)14-6-4-13(5-7-14)12-21-17-8-15-10-18(23-2)11-16(15)9-17/h4-7,15-18,21H,3,8-12H2,1-2H3,(H,20,22)/t15-,16+,17?,18?. The molecule has 1 aromatic carbocycles. The largest absolute Gasteiger partial charge is 0.381 e. The highest BCUT2D eigenvalue weighted by molar-refractivity contribution is 5.94. The second-order valence-corrected chi connectivity index (χ2v) is 6.95. The van der Waals surface area contributed by atoms with Gasteiger partial charge in [-0.1, -0.05) is 12.1 Å². The number of hydrogen-bond donors (Lipinski definition) is 2. The number of rotatable bonds is 6. The van der Waals surface area contributed by atoms with E-state index in [9.17, 15) is 4.79 Å². The summed E-state index contributed by atoms with van der Waals surface area (Å²) < 4.78 is 5.51. The van der Waals surface area contributed by atoms with Crippen LogP contribution in [-0.4, -0.2) is 31.7 Å². The van der Waals surface area contributed by atoms with Gasteiger partial charge in [-0.3, -0.25) is 4.79 Å². The summed E-state index contributed by atoms with van der Waals surface area (Å²) in [4.78, 5) is 11.7. The molecule has 0 aromatic heterocycles. The number of benzene rings is 1. The summed E-state index contributed by atoms with van der Waals surface area (Å²) in [5, 5.41) is 6.52. The number of methoxy groups -OCH3 is 1. The smallest absolute Gasteiger partial charge is 0.251 e. The van der Waals surface area contributed by atoms with E-state index in [2.05, 4.69) is 10.6 Å². The number of carbonyl (C=O) groups excluding carboxylic acids is 1. The van der Waals surface area contributed by atoms with Gasteiger partial charge in [0.15, 0.2) is 0 Å². The fourth-order valence-electron chi connectivity index (χ4n) is 4.22. The summed E-state index contributed by atoms with van der Waals surface area (Å²) in [5.41, 5.74) is 1.97. The predicted molar refractivity (Wildman–Crippen MR) is 91.3 cm³/mol. The van der Waals surface area contributed by atoms with E-state index >= 15 is 0 Å². The molecular weight excluding hydrogens is 288 g/mol. The normalized spacial score (nSPS) is 29.5. The summed E-state index contributed by atoms with van der Waals surface area (Å²) >= 11 is 0. The highest BCUT2D eigenvalue weighted by Crippen LogP contribution is 2.44. The van der Waals surface area contributed by atoms with E-state index in [1.807, 2.05) is 38.3 Å². The van der Waals surface area contributed by atoms with Crippen LogP contribution in [0.2, 0.25) is 0 Å². The molecule has 2 unspecified atom stereocenters. The van der Waals surface area contributed by atoms with E-state index in [1.165, 1.54) is 31.2 Å². The van der Waals surface area contributed by atoms with Crippen molar-refractivity contribution in [2.45, 2.75) is 51.3 Å². The van der Waals surface area contributed by atoms with Crippen LogP contribution in [0.5, 0.6) is 0 Å². The molecule has 4 nitrogen and oxygen atoms in total. The molecule has 1 aromatic rings. The summed E-state index contributed by atoms with van der Waals surface area (Å²) in [6.45, 7) is 3.48. The van der Waals surface area contributed by atoms with Crippen LogP contribution in [0.25, 0.3) is 0 Å². The molecule has 0 heterocycles. The number of fused-ring (bicyclic) bond motifs is 1. The summed E-state index contributed by atoms with van der Waals surface area (Å²) in [7, 11) is 1.84. The quantitative estimate of drug-likeness (QED) is 0.848. The minimum absolute atomic E-state index is 0.00308. The number of nitrogens with one attached hydrogen (secondary N) is 2. The second-order valence-electron chi connectivity index (χ2n) is 6.95. The van der Waals surface area contributed by atoms with Crippen LogP contribution in [-0.2, 0) is 11.3 Å². The average Bonchev–Trinajstić information content (AvgIpc) is 3.11. The van der Waals surface area contributed by atoms with Crippen molar-refractivity contribution in [1.82, 2.24) is 10.6 Å². The molecule has 2 N–H and O–H groups in total. The zero-order chi connectivity index (χ0) is 16.2. The van der Waals surface area contributed by atoms with Crippen LogP contribution in [0, 0.1) is 11.8 Å². The van der Waals surface area contributed by atoms with Crippen LogP contribution in [0.4, 0.5) is 0 Å². The maximum Gasteiger partial charge on any atom is 0.251 e. The first-order valence-electron chi connectivity index (χ1n) is 8.83. The van der Waals surface area contributed by atoms with Crippen LogP contribution in [0.1, 0.15) is 48.5 Å². The van der Waals surface area contributed by atoms with E-state index in [0.29, 0.717) is 18.7 Å². The Kier molecular flexibility index (Phi) is 5.34. The first-order chi connectivity index (χ1) is 11.2. The van der Waals surface area contributed by atoms with Gasteiger partial charge in [-0.2, -0.15) is 0 Å². The lowest BCUT2D eigenvalue weighted by Crippen LogP contribution is -2.27. The molecule has 1 amide bonds. The van der Waals surface area contributed by atoms with Gasteiger partial charge in [0.05, 0.1) is 6.10 Å². The molecule has 126 valence electrons. The van der Waals surface area contributed by atoms with Crippen LogP contribution in [0.15, 0.2) is 24.3 Å². The first-order valence-corrected chi connectivity index (χ1v) is 8.83. The van der Waals surface area contributed by atoms with E-state index in [-0.39, 0.29) is 5.91 Å². The molecule has 2 saturated carbocycles. The van der Waals surface area contributed by atoms with Gasteiger partial charge in [0.25, 0.3) is 5.91 Å². The van der Waals surface area contributed by atoms with Crippen molar-refractivity contribution < 1.29 is 9.53 Å². The lowest BCUT2D eigenvalue weighted by molar-refractivity contribution is 0.0955. The third-order valence-corrected chi connectivity index (χ3v) is 5.45. The Hall–Kier alpha value is -1.39. The summed E-state index contributed by atoms with van der Waals surface area (Å²) in [6, 6.07) is 8.55. The van der Waals surface area contributed by atoms with Crippen molar-refractivity contribution in [3.8, 4) is 0 Å². The fraction of sp³-hybridized carbons (Fsp3) is 0.632. The molecule has 4 heteroatoms. The maximum absolute atomic E-state index is 11.7. The summed E-state index contributed by atoms with van der Waals surface area (Å²) in [5.74, 6) is 1.69. The van der Waals surface area contributed by atoms with Gasteiger partial charge in [-0.15, -0.1) is 0 Å². The summed E-state index contributed by atoms with van der Waals surface area (Å²) in [6.07, 6.45) is 5.53. The van der Waals surface area contributed by atoms with Crippen LogP contribution < -0.4 is 10.6 Å². The van der Waals surface area contributed by atoms with Gasteiger partial charge in [0.1, 0.15) is 0 Å². The number of amides is 1. The van der Waals surface area contributed by atoms with Crippen molar-refractivity contribution in [3.63, 3.8) is 0 Å². The van der Waals surface area contributed by atoms with Crippen molar-refractivity contribution >= 4 is 5.91 Å². The van der Waals surface area contributed by atoms with Crippen molar-refractivity contribution in [3.05, 3.63) is 35.4 Å². The zero-order valence-electron chi connectivity index (χ0n) is 14.2. The van der Waals surface area contributed by atoms with Crippen molar-refractivity contribution in [2.24, 2.45) is 11.8 Å². The van der Waals surface area contributed by atoms with Crippen molar-refractivity contribution in [1.29, 1.82) is 0 Å². The minimum atomic E-state index is 0.00308. The third kappa shape index (κ3) is 3.93. The van der Waals surface area contributed by atoms with E-state index < -0.39 is 0 Å². The fourth-order valence-corrected chi connectivity index (χ4v) is 4.22. The topological polar surface area (TPSA) is 50.4 Å². The highest BCUT2D eigenvalue weighted by Gasteiger charge is 2.41. The van der Waals surface area contributed by atoms with Crippen LogP contribution in [0.3, 0.4) is 0 Å². The molecule has 3 rings (SSSR count). The Labute approximate surface area is 139 Å². The van der Waals surface area contributed by atoms with Gasteiger partial charge in [0, 0.05) is 31.8 Å². The van der Waals surface area contributed by atoms with Gasteiger partial charge < -0.3 is 15.4 Å². The lowest BCUT2D eigenvalue weighted by atomic mass is 10.0. The Morgan fingerprint density at radius 2 is 1.78 bits per heavy atom. The zero-order valence-corrected chi connectivity index (χ0v) is 14.2. The van der Waals surface area contributed by atoms with E-state index in [1.54, 1.807) is 0 Å². The molecule has 2 fully saturated rings. The van der Waals surface area contributed by atoms with Gasteiger partial charge >= 0.3 is 0 Å². The SMILES string of the molecule is CCNC(=O)c1ccc(CNC2C[C@@H]3CC(OC)C[C@@H]3C2)cc1. The molecule has 4 atom stereocenters. The first kappa shape index (κ1) is 16.5. The molecule has 0 aliphatic heterocycles. The Morgan fingerprint density at radius 3 is 2.35 bits per heavy atom. The monoisotopic (exact) mass is 316 g/mol. The number of hydrogen-bond acceptors (Lipinski definition) is 3. The maximum atomic E-state index is 11.7. The molecule has 2 aliphatic carbocycles. The van der Waals surface area contributed by atoms with Gasteiger partial charge in [0.2, 0.25) is 0 Å². The highest BCUT2D eigenvalue weighted by atomic mass is 16.5. The Morgan fingerprint density at radius 1 is 1.13 bits per heavy atom. The molecule has 0 radical (unpaired) electrons. The molecule has 0 bridgehead atoms. The lowest BCUT2D eigenvalue weighted by Gasteiger charge is -2.16. The average molecular weight is 316 g/mol. The number of carbonyl (C=O) groups is 1. The second kappa shape index (κ2) is 7.45.